The van der Waals surface area contributed by atoms with Crippen LogP contribution in [-0.2, 0) is 0 Å². The summed E-state index contributed by atoms with van der Waals surface area (Å²) in [6.07, 6.45) is 3.09. The lowest BCUT2D eigenvalue weighted by Gasteiger charge is -2.08. The van der Waals surface area contributed by atoms with Gasteiger partial charge in [0.15, 0.2) is 17.2 Å². The highest BCUT2D eigenvalue weighted by Gasteiger charge is 2.17. The number of rotatable bonds is 4. The summed E-state index contributed by atoms with van der Waals surface area (Å²) in [6, 6.07) is 8.31. The van der Waals surface area contributed by atoms with E-state index >= 15 is 0 Å². The lowest BCUT2D eigenvalue weighted by atomic mass is 10.2. The van der Waals surface area contributed by atoms with Gasteiger partial charge in [-0.05, 0) is 18.2 Å². The molecule has 2 heterocycles. The first kappa shape index (κ1) is 14.8. The van der Waals surface area contributed by atoms with Gasteiger partial charge in [0.2, 0.25) is 0 Å². The van der Waals surface area contributed by atoms with E-state index in [2.05, 4.69) is 4.98 Å². The summed E-state index contributed by atoms with van der Waals surface area (Å²) in [5.41, 5.74) is 1.40. The zero-order chi connectivity index (χ0) is 16.2. The number of carbonyl (C=O) groups is 1. The molecule has 0 fully saturated rings. The minimum atomic E-state index is -0.598. The molecule has 0 aliphatic heterocycles. The van der Waals surface area contributed by atoms with E-state index < -0.39 is 5.97 Å². The van der Waals surface area contributed by atoms with Crippen molar-refractivity contribution in [1.82, 2.24) is 4.98 Å². The van der Waals surface area contributed by atoms with Crippen LogP contribution in [-0.4, -0.2) is 18.1 Å². The van der Waals surface area contributed by atoms with Crippen molar-refractivity contribution < 1.29 is 18.7 Å². The van der Waals surface area contributed by atoms with Crippen LogP contribution in [0.5, 0.6) is 11.5 Å². The molecule has 114 valence electrons. The Morgan fingerprint density at radius 1 is 1.35 bits per heavy atom. The Bertz CT molecular complexity index is 878. The third-order valence-electron chi connectivity index (χ3n) is 2.98. The Hall–Kier alpha value is -3.11. The van der Waals surface area contributed by atoms with Crippen LogP contribution >= 0.6 is 11.3 Å². The second-order valence-electron chi connectivity index (χ2n) is 4.42. The Morgan fingerprint density at radius 2 is 2.22 bits per heavy atom. The van der Waals surface area contributed by atoms with Crippen LogP contribution in [0.2, 0.25) is 0 Å². The molecule has 3 aromatic rings. The second kappa shape index (κ2) is 6.34. The van der Waals surface area contributed by atoms with Gasteiger partial charge in [0.05, 0.1) is 25.0 Å². The minimum Gasteiger partial charge on any atom is -0.493 e. The first-order valence-electron chi connectivity index (χ1n) is 6.49. The summed E-state index contributed by atoms with van der Waals surface area (Å²) >= 11 is 1.32. The number of hydrogen-bond acceptors (Lipinski definition) is 7. The third-order valence-corrected chi connectivity index (χ3v) is 3.87. The van der Waals surface area contributed by atoms with Gasteiger partial charge in [-0.25, -0.2) is 9.78 Å². The number of furan rings is 1. The molecule has 0 amide bonds. The maximum atomic E-state index is 12.2. The molecule has 6 nitrogen and oxygen atoms in total. The van der Waals surface area contributed by atoms with Crippen LogP contribution < -0.4 is 9.47 Å². The monoisotopic (exact) mass is 326 g/mol. The Labute approximate surface area is 135 Å². The molecule has 3 rings (SSSR count). The maximum Gasteiger partial charge on any atom is 0.363 e. The summed E-state index contributed by atoms with van der Waals surface area (Å²) in [7, 11) is 1.44. The molecule has 23 heavy (non-hydrogen) atoms. The van der Waals surface area contributed by atoms with E-state index in [1.807, 2.05) is 6.07 Å². The smallest absolute Gasteiger partial charge is 0.363 e. The van der Waals surface area contributed by atoms with Gasteiger partial charge in [-0.15, -0.1) is 11.3 Å². The molecule has 0 radical (unpaired) electrons. The number of methoxy groups -OCH3 is 1. The Balaban J connectivity index is 1.81. The van der Waals surface area contributed by atoms with Crippen LogP contribution in [0.3, 0.4) is 0 Å². The molecule has 0 N–H and O–H groups in total. The van der Waals surface area contributed by atoms with Crippen molar-refractivity contribution in [3.63, 3.8) is 0 Å². The van der Waals surface area contributed by atoms with Crippen LogP contribution in [0.4, 0.5) is 0 Å². The minimum absolute atomic E-state index is 0.192. The number of esters is 1. The molecule has 0 unspecified atom stereocenters. The van der Waals surface area contributed by atoms with Crippen LogP contribution in [0.1, 0.15) is 16.1 Å². The zero-order valence-electron chi connectivity index (χ0n) is 12.0. The highest BCUT2D eigenvalue weighted by molar-refractivity contribution is 7.13. The van der Waals surface area contributed by atoms with Gasteiger partial charge in [0, 0.05) is 17.0 Å². The average molecular weight is 326 g/mol. The standard InChI is InChI=1S/C16H10N2O4S/c1-20-14-6-10(7-17)2-3-13(14)22-16(19)12-9-23-15(18-12)11-4-5-21-8-11/h2-6,8-9H,1H3. The number of hydrogen-bond donors (Lipinski definition) is 0. The first-order chi connectivity index (χ1) is 11.2. The van der Waals surface area contributed by atoms with Crippen LogP contribution in [0.15, 0.2) is 46.6 Å². The van der Waals surface area contributed by atoms with Gasteiger partial charge in [0.1, 0.15) is 11.3 Å². The summed E-state index contributed by atoms with van der Waals surface area (Å²) in [5, 5.41) is 11.1. The van der Waals surface area contributed by atoms with E-state index in [-0.39, 0.29) is 11.4 Å². The fraction of sp³-hybridized carbons (Fsp3) is 0.0625. The van der Waals surface area contributed by atoms with Gasteiger partial charge in [-0.3, -0.25) is 0 Å². The molecule has 0 aliphatic rings. The third kappa shape index (κ3) is 3.07. The molecular weight excluding hydrogens is 316 g/mol. The maximum absolute atomic E-state index is 12.2. The normalized spacial score (nSPS) is 10.1. The average Bonchev–Trinajstić information content (AvgIpc) is 3.26. The predicted octanol–water partition coefficient (Wildman–Crippen LogP) is 3.50. The predicted molar refractivity (Wildman–Crippen MR) is 82.5 cm³/mol. The topological polar surface area (TPSA) is 85.4 Å². The number of nitrogens with zero attached hydrogens (tertiary/aromatic N) is 2. The fourth-order valence-corrected chi connectivity index (χ4v) is 2.64. The zero-order valence-corrected chi connectivity index (χ0v) is 12.8. The number of nitriles is 1. The number of aromatic nitrogens is 1. The molecule has 0 saturated heterocycles. The molecule has 0 aliphatic carbocycles. The van der Waals surface area contributed by atoms with Gasteiger partial charge >= 0.3 is 5.97 Å². The molecule has 0 bridgehead atoms. The quantitative estimate of drug-likeness (QED) is 0.539. The largest absolute Gasteiger partial charge is 0.493 e. The van der Waals surface area contributed by atoms with Crippen LogP contribution in [0.25, 0.3) is 10.6 Å². The van der Waals surface area contributed by atoms with Crippen molar-refractivity contribution in [3.8, 4) is 28.1 Å². The van der Waals surface area contributed by atoms with Gasteiger partial charge in [0.25, 0.3) is 0 Å². The highest BCUT2D eigenvalue weighted by atomic mass is 32.1. The highest BCUT2D eigenvalue weighted by Crippen LogP contribution is 2.29. The Kier molecular flexibility index (Phi) is 4.08. The van der Waals surface area contributed by atoms with Gasteiger partial charge in [-0.2, -0.15) is 5.26 Å². The second-order valence-corrected chi connectivity index (χ2v) is 5.27. The summed E-state index contributed by atoms with van der Waals surface area (Å²) in [5.74, 6) is -0.0592. The van der Waals surface area contributed by atoms with Crippen molar-refractivity contribution in [2.75, 3.05) is 7.11 Å². The van der Waals surface area contributed by atoms with Crippen molar-refractivity contribution in [3.05, 3.63) is 53.4 Å². The number of ether oxygens (including phenoxy) is 2. The summed E-state index contributed by atoms with van der Waals surface area (Å²) < 4.78 is 15.4. The Morgan fingerprint density at radius 3 is 2.91 bits per heavy atom. The SMILES string of the molecule is COc1cc(C#N)ccc1OC(=O)c1csc(-c2ccoc2)n1. The van der Waals surface area contributed by atoms with Crippen molar-refractivity contribution >= 4 is 17.3 Å². The van der Waals surface area contributed by atoms with E-state index in [9.17, 15) is 4.79 Å². The first-order valence-corrected chi connectivity index (χ1v) is 7.37. The molecular formula is C16H10N2O4S. The molecule has 0 spiro atoms. The summed E-state index contributed by atoms with van der Waals surface area (Å²) in [4.78, 5) is 16.4. The fourth-order valence-electron chi connectivity index (χ4n) is 1.86. The number of benzene rings is 1. The molecule has 0 saturated carbocycles. The van der Waals surface area contributed by atoms with E-state index in [1.165, 1.54) is 36.8 Å². The van der Waals surface area contributed by atoms with Gasteiger partial charge < -0.3 is 13.9 Å². The molecule has 1 aromatic carbocycles. The number of carbonyl (C=O) groups excluding carboxylic acids is 1. The number of thiazole rings is 1. The van der Waals surface area contributed by atoms with Gasteiger partial charge in [-0.1, -0.05) is 0 Å². The molecule has 7 heteroatoms. The van der Waals surface area contributed by atoms with Crippen LogP contribution in [0, 0.1) is 11.3 Å². The van der Waals surface area contributed by atoms with E-state index in [1.54, 1.807) is 23.8 Å². The molecule has 0 atom stereocenters. The molecule has 2 aromatic heterocycles. The van der Waals surface area contributed by atoms with Crippen molar-refractivity contribution in [1.29, 1.82) is 5.26 Å². The van der Waals surface area contributed by atoms with Crippen molar-refractivity contribution in [2.24, 2.45) is 0 Å². The van der Waals surface area contributed by atoms with E-state index in [0.29, 0.717) is 16.3 Å². The lowest BCUT2D eigenvalue weighted by molar-refractivity contribution is 0.0724. The van der Waals surface area contributed by atoms with E-state index in [4.69, 9.17) is 19.2 Å². The van der Waals surface area contributed by atoms with Crippen molar-refractivity contribution in [2.45, 2.75) is 0 Å². The lowest BCUT2D eigenvalue weighted by Crippen LogP contribution is -2.09. The summed E-state index contributed by atoms with van der Waals surface area (Å²) in [6.45, 7) is 0. The van der Waals surface area contributed by atoms with E-state index in [0.717, 1.165) is 5.56 Å².